The summed E-state index contributed by atoms with van der Waals surface area (Å²) in [5.74, 6) is 1.05. The molecule has 2 rings (SSSR count). The van der Waals surface area contributed by atoms with E-state index in [1.807, 2.05) is 0 Å². The van der Waals surface area contributed by atoms with Crippen molar-refractivity contribution >= 4 is 0 Å². The molecule has 2 nitrogen and oxygen atoms in total. The van der Waals surface area contributed by atoms with Crippen LogP contribution in [0.15, 0.2) is 0 Å². The van der Waals surface area contributed by atoms with Crippen LogP contribution in [0, 0.1) is 5.92 Å². The van der Waals surface area contributed by atoms with Gasteiger partial charge in [-0.15, -0.1) is 0 Å². The lowest BCUT2D eigenvalue weighted by molar-refractivity contribution is 0.198. The van der Waals surface area contributed by atoms with Crippen molar-refractivity contribution in [1.29, 1.82) is 0 Å². The Kier molecular flexibility index (Phi) is 5.11. The minimum absolute atomic E-state index is 0.448. The van der Waals surface area contributed by atoms with Gasteiger partial charge in [0.2, 0.25) is 0 Å². The number of likely N-dealkylation sites (tertiary alicyclic amines) is 1. The van der Waals surface area contributed by atoms with Gasteiger partial charge >= 0.3 is 0 Å². The molecular formula is C14H28N2. The third-order valence-electron chi connectivity index (χ3n) is 4.35. The highest BCUT2D eigenvalue weighted by Crippen LogP contribution is 2.27. The van der Waals surface area contributed by atoms with Crippen LogP contribution in [0.5, 0.6) is 0 Å². The summed E-state index contributed by atoms with van der Waals surface area (Å²) < 4.78 is 0. The zero-order valence-electron chi connectivity index (χ0n) is 10.7. The van der Waals surface area contributed by atoms with E-state index in [2.05, 4.69) is 4.90 Å². The number of nitrogens with zero attached hydrogens (tertiary/aromatic N) is 1. The van der Waals surface area contributed by atoms with E-state index in [1.165, 1.54) is 70.9 Å². The summed E-state index contributed by atoms with van der Waals surface area (Å²) in [5.41, 5.74) is 6.00. The summed E-state index contributed by atoms with van der Waals surface area (Å²) in [5, 5.41) is 0. The van der Waals surface area contributed by atoms with Crippen molar-refractivity contribution in [3.63, 3.8) is 0 Å². The van der Waals surface area contributed by atoms with Crippen LogP contribution in [0.4, 0.5) is 0 Å². The van der Waals surface area contributed by atoms with Gasteiger partial charge in [-0.2, -0.15) is 0 Å². The molecule has 2 fully saturated rings. The van der Waals surface area contributed by atoms with E-state index in [0.717, 1.165) is 12.5 Å². The van der Waals surface area contributed by atoms with E-state index in [0.29, 0.717) is 6.04 Å². The van der Waals surface area contributed by atoms with Crippen molar-refractivity contribution in [3.8, 4) is 0 Å². The molecule has 2 heteroatoms. The molecule has 0 aromatic heterocycles. The standard InChI is InChI=1S/C14H28N2/c15-14-9-5-11-16(12-14)10-4-8-13-6-2-1-3-7-13/h13-14H,1-12,15H2/t14-/m0/s1. The Balaban J connectivity index is 1.56. The Morgan fingerprint density at radius 3 is 2.56 bits per heavy atom. The van der Waals surface area contributed by atoms with Crippen molar-refractivity contribution in [3.05, 3.63) is 0 Å². The monoisotopic (exact) mass is 224 g/mol. The minimum atomic E-state index is 0.448. The number of nitrogens with two attached hydrogens (primary N) is 1. The molecule has 0 bridgehead atoms. The Bertz CT molecular complexity index is 187. The van der Waals surface area contributed by atoms with Crippen LogP contribution < -0.4 is 5.73 Å². The number of hydrogen-bond acceptors (Lipinski definition) is 2. The Morgan fingerprint density at radius 1 is 1.00 bits per heavy atom. The highest BCUT2D eigenvalue weighted by Gasteiger charge is 2.17. The van der Waals surface area contributed by atoms with Gasteiger partial charge in [0, 0.05) is 12.6 Å². The lowest BCUT2D eigenvalue weighted by Crippen LogP contribution is -2.43. The molecule has 0 aromatic carbocycles. The second-order valence-corrected chi connectivity index (χ2v) is 5.85. The van der Waals surface area contributed by atoms with Gasteiger partial charge in [0.05, 0.1) is 0 Å². The maximum absolute atomic E-state index is 6.00. The minimum Gasteiger partial charge on any atom is -0.327 e. The summed E-state index contributed by atoms with van der Waals surface area (Å²) in [6.07, 6.45) is 12.9. The second-order valence-electron chi connectivity index (χ2n) is 5.85. The molecule has 1 aliphatic carbocycles. The van der Waals surface area contributed by atoms with Crippen molar-refractivity contribution in [2.24, 2.45) is 11.7 Å². The smallest absolute Gasteiger partial charge is 0.0168 e. The number of piperidine rings is 1. The van der Waals surface area contributed by atoms with Gasteiger partial charge in [0.25, 0.3) is 0 Å². The van der Waals surface area contributed by atoms with Crippen LogP contribution in [0.2, 0.25) is 0 Å². The van der Waals surface area contributed by atoms with Crippen molar-refractivity contribution < 1.29 is 0 Å². The number of rotatable bonds is 4. The van der Waals surface area contributed by atoms with E-state index < -0.39 is 0 Å². The third kappa shape index (κ3) is 4.06. The van der Waals surface area contributed by atoms with Gasteiger partial charge in [-0.25, -0.2) is 0 Å². The van der Waals surface area contributed by atoms with Crippen LogP contribution in [-0.2, 0) is 0 Å². The van der Waals surface area contributed by atoms with Crippen LogP contribution >= 0.6 is 0 Å². The summed E-state index contributed by atoms with van der Waals surface area (Å²) >= 11 is 0. The SMILES string of the molecule is N[C@H]1CCCN(CCCC2CCCCC2)C1. The third-order valence-corrected chi connectivity index (χ3v) is 4.35. The van der Waals surface area contributed by atoms with Crippen LogP contribution in [0.1, 0.15) is 57.8 Å². The first-order valence-corrected chi connectivity index (χ1v) is 7.32. The lowest BCUT2D eigenvalue weighted by Gasteiger charge is -2.31. The first kappa shape index (κ1) is 12.4. The van der Waals surface area contributed by atoms with Gasteiger partial charge in [-0.3, -0.25) is 0 Å². The largest absolute Gasteiger partial charge is 0.327 e. The molecule has 2 N–H and O–H groups in total. The summed E-state index contributed by atoms with van der Waals surface area (Å²) in [4.78, 5) is 2.58. The average molecular weight is 224 g/mol. The Hall–Kier alpha value is -0.0800. The molecule has 0 spiro atoms. The van der Waals surface area contributed by atoms with Gasteiger partial charge < -0.3 is 10.6 Å². The van der Waals surface area contributed by atoms with E-state index in [1.54, 1.807) is 0 Å². The zero-order chi connectivity index (χ0) is 11.2. The molecular weight excluding hydrogens is 196 g/mol. The fourth-order valence-electron chi connectivity index (χ4n) is 3.37. The second kappa shape index (κ2) is 6.61. The first-order chi connectivity index (χ1) is 7.84. The fourth-order valence-corrected chi connectivity index (χ4v) is 3.37. The predicted octanol–water partition coefficient (Wildman–Crippen LogP) is 2.77. The molecule has 0 aromatic rings. The normalized spacial score (nSPS) is 29.4. The van der Waals surface area contributed by atoms with Crippen molar-refractivity contribution in [1.82, 2.24) is 4.90 Å². The van der Waals surface area contributed by atoms with Gasteiger partial charge in [0.15, 0.2) is 0 Å². The van der Waals surface area contributed by atoms with E-state index in [-0.39, 0.29) is 0 Å². The quantitative estimate of drug-likeness (QED) is 0.795. The predicted molar refractivity (Wildman–Crippen MR) is 69.5 cm³/mol. The van der Waals surface area contributed by atoms with E-state index >= 15 is 0 Å². The first-order valence-electron chi connectivity index (χ1n) is 7.32. The molecule has 0 unspecified atom stereocenters. The average Bonchev–Trinajstić information content (AvgIpc) is 2.30. The molecule has 94 valence electrons. The van der Waals surface area contributed by atoms with Crippen LogP contribution in [0.3, 0.4) is 0 Å². The molecule has 1 saturated carbocycles. The maximum atomic E-state index is 6.00. The van der Waals surface area contributed by atoms with E-state index in [4.69, 9.17) is 5.73 Å². The Labute approximate surface area is 101 Å². The molecule has 16 heavy (non-hydrogen) atoms. The fraction of sp³-hybridized carbons (Fsp3) is 1.00. The van der Waals surface area contributed by atoms with Gasteiger partial charge in [-0.05, 0) is 44.7 Å². The van der Waals surface area contributed by atoms with Crippen molar-refractivity contribution in [2.75, 3.05) is 19.6 Å². The Morgan fingerprint density at radius 2 is 1.81 bits per heavy atom. The van der Waals surface area contributed by atoms with Crippen LogP contribution in [0.25, 0.3) is 0 Å². The lowest BCUT2D eigenvalue weighted by atomic mass is 9.86. The summed E-state index contributed by atoms with van der Waals surface area (Å²) in [6, 6.07) is 0.448. The molecule has 2 aliphatic rings. The van der Waals surface area contributed by atoms with Crippen LogP contribution in [-0.4, -0.2) is 30.6 Å². The highest BCUT2D eigenvalue weighted by atomic mass is 15.1. The zero-order valence-corrected chi connectivity index (χ0v) is 10.7. The molecule has 1 heterocycles. The molecule has 0 amide bonds. The molecule has 0 radical (unpaired) electrons. The van der Waals surface area contributed by atoms with Crippen molar-refractivity contribution in [2.45, 2.75) is 63.8 Å². The van der Waals surface area contributed by atoms with Gasteiger partial charge in [0.1, 0.15) is 0 Å². The maximum Gasteiger partial charge on any atom is 0.0168 e. The summed E-state index contributed by atoms with van der Waals surface area (Å²) in [6.45, 7) is 3.73. The molecule has 1 aliphatic heterocycles. The topological polar surface area (TPSA) is 29.3 Å². The van der Waals surface area contributed by atoms with E-state index in [9.17, 15) is 0 Å². The summed E-state index contributed by atoms with van der Waals surface area (Å²) in [7, 11) is 0. The molecule has 1 atom stereocenters. The van der Waals surface area contributed by atoms with Gasteiger partial charge in [-0.1, -0.05) is 32.1 Å². The number of hydrogen-bond donors (Lipinski definition) is 1. The molecule has 1 saturated heterocycles. The highest BCUT2D eigenvalue weighted by molar-refractivity contribution is 4.75.